The summed E-state index contributed by atoms with van der Waals surface area (Å²) in [5, 5.41) is 1.00. The maximum atomic E-state index is 12.8. The van der Waals surface area contributed by atoms with Crippen LogP contribution in [0.25, 0.3) is 10.2 Å². The lowest BCUT2D eigenvalue weighted by Gasteiger charge is -2.34. The van der Waals surface area contributed by atoms with Gasteiger partial charge in [-0.05, 0) is 37.6 Å². The number of piperazine rings is 1. The summed E-state index contributed by atoms with van der Waals surface area (Å²) in [4.78, 5) is 21.8. The zero-order valence-electron chi connectivity index (χ0n) is 15.6. The molecule has 140 valence electrons. The van der Waals surface area contributed by atoms with Crippen LogP contribution in [0.3, 0.4) is 0 Å². The summed E-state index contributed by atoms with van der Waals surface area (Å²) in [6, 6.07) is 13.8. The van der Waals surface area contributed by atoms with E-state index < -0.39 is 0 Å². The maximum Gasteiger partial charge on any atom is 0.254 e. The van der Waals surface area contributed by atoms with Gasteiger partial charge in [0, 0.05) is 31.7 Å². The summed E-state index contributed by atoms with van der Waals surface area (Å²) < 4.78 is 6.83. The highest BCUT2D eigenvalue weighted by Gasteiger charge is 2.25. The number of rotatable bonds is 4. The van der Waals surface area contributed by atoms with Crippen molar-refractivity contribution in [1.82, 2.24) is 9.88 Å². The van der Waals surface area contributed by atoms with Crippen LogP contribution in [0, 0.1) is 6.92 Å². The third-order valence-corrected chi connectivity index (χ3v) is 5.96. The molecule has 0 atom stereocenters. The molecule has 2 aromatic carbocycles. The lowest BCUT2D eigenvalue weighted by Crippen LogP contribution is -2.48. The minimum Gasteiger partial charge on any atom is -0.492 e. The van der Waals surface area contributed by atoms with E-state index in [9.17, 15) is 4.79 Å². The number of carbonyl (C=O) groups is 1. The summed E-state index contributed by atoms with van der Waals surface area (Å²) in [5.41, 5.74) is 2.75. The number of thiazole rings is 1. The number of hydrogen-bond donors (Lipinski definition) is 0. The van der Waals surface area contributed by atoms with Crippen LogP contribution in [0.1, 0.15) is 22.8 Å². The number of hydrogen-bond acceptors (Lipinski definition) is 5. The predicted molar refractivity (Wildman–Crippen MR) is 110 cm³/mol. The Morgan fingerprint density at radius 3 is 2.63 bits per heavy atom. The highest BCUT2D eigenvalue weighted by molar-refractivity contribution is 7.22. The van der Waals surface area contributed by atoms with Crippen LogP contribution in [0.5, 0.6) is 5.75 Å². The van der Waals surface area contributed by atoms with Crippen LogP contribution in [-0.4, -0.2) is 48.6 Å². The Hall–Kier alpha value is -2.60. The summed E-state index contributed by atoms with van der Waals surface area (Å²) in [6.45, 7) is 7.61. The molecule has 27 heavy (non-hydrogen) atoms. The molecule has 0 aliphatic carbocycles. The fraction of sp³-hybridized carbons (Fsp3) is 0.333. The van der Waals surface area contributed by atoms with E-state index >= 15 is 0 Å². The van der Waals surface area contributed by atoms with Crippen molar-refractivity contribution in [2.45, 2.75) is 13.8 Å². The van der Waals surface area contributed by atoms with Crippen LogP contribution in [0.15, 0.2) is 42.5 Å². The van der Waals surface area contributed by atoms with Crippen molar-refractivity contribution in [2.75, 3.05) is 37.7 Å². The Bertz CT molecular complexity index is 961. The molecule has 2 heterocycles. The van der Waals surface area contributed by atoms with Gasteiger partial charge < -0.3 is 14.5 Å². The number of ether oxygens (including phenoxy) is 1. The Morgan fingerprint density at radius 1 is 1.11 bits per heavy atom. The quantitative estimate of drug-likeness (QED) is 0.686. The number of benzene rings is 2. The van der Waals surface area contributed by atoms with E-state index in [2.05, 4.69) is 11.0 Å². The molecular weight excluding hydrogens is 358 g/mol. The van der Waals surface area contributed by atoms with Gasteiger partial charge in [0.15, 0.2) is 5.13 Å². The van der Waals surface area contributed by atoms with E-state index in [0.29, 0.717) is 19.7 Å². The van der Waals surface area contributed by atoms with Crippen LogP contribution in [0.4, 0.5) is 5.13 Å². The first-order valence-corrected chi connectivity index (χ1v) is 10.1. The SMILES string of the molecule is CCOc1cccc2sc(N3CCN(C(=O)c4ccccc4C)CC3)nc12. The topological polar surface area (TPSA) is 45.7 Å². The molecule has 1 aliphatic rings. The molecule has 6 heteroatoms. The second kappa shape index (κ2) is 7.56. The molecule has 1 aliphatic heterocycles. The molecule has 0 radical (unpaired) electrons. The lowest BCUT2D eigenvalue weighted by molar-refractivity contribution is 0.0746. The number of aryl methyl sites for hydroxylation is 1. The molecule has 0 N–H and O–H groups in total. The number of nitrogens with zero attached hydrogens (tertiary/aromatic N) is 3. The average molecular weight is 382 g/mol. The predicted octanol–water partition coefficient (Wildman–Crippen LogP) is 3.97. The standard InChI is InChI=1S/C21H23N3O2S/c1-3-26-17-9-6-10-18-19(17)22-21(27-18)24-13-11-23(12-14-24)20(25)16-8-5-4-7-15(16)2/h4-10H,3,11-14H2,1-2H3. The van der Waals surface area contributed by atoms with Crippen LogP contribution < -0.4 is 9.64 Å². The monoisotopic (exact) mass is 381 g/mol. The van der Waals surface area contributed by atoms with Crippen molar-refractivity contribution in [3.8, 4) is 5.75 Å². The van der Waals surface area contributed by atoms with Crippen LogP contribution in [0.2, 0.25) is 0 Å². The Kier molecular flexibility index (Phi) is 4.99. The largest absolute Gasteiger partial charge is 0.492 e. The molecule has 4 rings (SSSR count). The molecule has 1 fully saturated rings. The lowest BCUT2D eigenvalue weighted by atomic mass is 10.1. The molecular formula is C21H23N3O2S. The number of carbonyl (C=O) groups excluding carboxylic acids is 1. The van der Waals surface area contributed by atoms with Gasteiger partial charge in [-0.15, -0.1) is 0 Å². The highest BCUT2D eigenvalue weighted by Crippen LogP contribution is 2.34. The molecule has 0 unspecified atom stereocenters. The average Bonchev–Trinajstić information content (AvgIpc) is 3.14. The normalized spacial score (nSPS) is 14.6. The summed E-state index contributed by atoms with van der Waals surface area (Å²) >= 11 is 1.68. The molecule has 1 amide bonds. The van der Waals surface area contributed by atoms with E-state index in [1.54, 1.807) is 11.3 Å². The Labute approximate surface area is 163 Å². The van der Waals surface area contributed by atoms with E-state index in [-0.39, 0.29) is 5.91 Å². The third-order valence-electron chi connectivity index (χ3n) is 4.88. The van der Waals surface area contributed by atoms with Gasteiger partial charge in [0.2, 0.25) is 0 Å². The van der Waals surface area contributed by atoms with Crippen molar-refractivity contribution >= 4 is 32.6 Å². The van der Waals surface area contributed by atoms with Crippen molar-refractivity contribution in [3.63, 3.8) is 0 Å². The smallest absolute Gasteiger partial charge is 0.254 e. The second-order valence-electron chi connectivity index (χ2n) is 6.63. The third kappa shape index (κ3) is 3.49. The first kappa shape index (κ1) is 17.8. The first-order chi connectivity index (χ1) is 13.2. The fourth-order valence-electron chi connectivity index (χ4n) is 3.40. The van der Waals surface area contributed by atoms with Gasteiger partial charge in [0.05, 0.1) is 11.3 Å². The zero-order chi connectivity index (χ0) is 18.8. The maximum absolute atomic E-state index is 12.8. The number of amides is 1. The number of aromatic nitrogens is 1. The van der Waals surface area contributed by atoms with Crippen LogP contribution >= 0.6 is 11.3 Å². The van der Waals surface area contributed by atoms with E-state index in [4.69, 9.17) is 9.72 Å². The minimum atomic E-state index is 0.121. The van der Waals surface area contributed by atoms with Crippen molar-refractivity contribution in [3.05, 3.63) is 53.6 Å². The van der Waals surface area contributed by atoms with E-state index in [1.165, 1.54) is 0 Å². The molecule has 0 bridgehead atoms. The molecule has 1 saturated heterocycles. The minimum absolute atomic E-state index is 0.121. The number of para-hydroxylation sites is 1. The van der Waals surface area contributed by atoms with Gasteiger partial charge in [0.25, 0.3) is 5.91 Å². The van der Waals surface area contributed by atoms with Crippen molar-refractivity contribution in [1.29, 1.82) is 0 Å². The first-order valence-electron chi connectivity index (χ1n) is 9.29. The second-order valence-corrected chi connectivity index (χ2v) is 7.64. The summed E-state index contributed by atoms with van der Waals surface area (Å²) in [7, 11) is 0. The van der Waals surface area contributed by atoms with Gasteiger partial charge >= 0.3 is 0 Å². The number of fused-ring (bicyclic) bond motifs is 1. The van der Waals surface area contributed by atoms with Gasteiger partial charge in [-0.2, -0.15) is 0 Å². The number of anilines is 1. The van der Waals surface area contributed by atoms with E-state index in [1.807, 2.05) is 55.1 Å². The molecule has 0 saturated carbocycles. The van der Waals surface area contributed by atoms with Gasteiger partial charge in [0.1, 0.15) is 11.3 Å². The molecule has 3 aromatic rings. The Morgan fingerprint density at radius 2 is 1.89 bits per heavy atom. The molecule has 0 spiro atoms. The fourth-order valence-corrected chi connectivity index (χ4v) is 4.44. The van der Waals surface area contributed by atoms with Gasteiger partial charge in [-0.3, -0.25) is 4.79 Å². The summed E-state index contributed by atoms with van der Waals surface area (Å²) in [6.07, 6.45) is 0. The Balaban J connectivity index is 1.48. The summed E-state index contributed by atoms with van der Waals surface area (Å²) in [5.74, 6) is 0.960. The zero-order valence-corrected chi connectivity index (χ0v) is 16.5. The van der Waals surface area contributed by atoms with Crippen molar-refractivity contribution < 1.29 is 9.53 Å². The molecule has 1 aromatic heterocycles. The van der Waals surface area contributed by atoms with Gasteiger partial charge in [-0.1, -0.05) is 35.6 Å². The van der Waals surface area contributed by atoms with Gasteiger partial charge in [-0.25, -0.2) is 4.98 Å². The van der Waals surface area contributed by atoms with Crippen molar-refractivity contribution in [2.24, 2.45) is 0 Å². The highest BCUT2D eigenvalue weighted by atomic mass is 32.1. The molecule has 5 nitrogen and oxygen atoms in total. The van der Waals surface area contributed by atoms with E-state index in [0.717, 1.165) is 45.3 Å². The van der Waals surface area contributed by atoms with Crippen LogP contribution in [-0.2, 0) is 0 Å².